The molecule has 0 aliphatic rings. The summed E-state index contributed by atoms with van der Waals surface area (Å²) in [6.45, 7) is 5.87. The molecular weight excluding hydrogens is 358 g/mol. The van der Waals surface area contributed by atoms with Crippen molar-refractivity contribution in [1.29, 1.82) is 0 Å². The Kier molecular flexibility index (Phi) is 18.3. The largest absolute Gasteiger partial charge is 1.00 e. The van der Waals surface area contributed by atoms with Gasteiger partial charge in [-0.05, 0) is 34.1 Å². The molecule has 0 aromatic heterocycles. The number of aliphatic carboxylic acids is 3. The Hall–Kier alpha value is -0.775. The van der Waals surface area contributed by atoms with Crippen LogP contribution < -0.4 is 47.9 Å². The molecule has 0 radical (unpaired) electrons. The molecule has 0 fully saturated rings. The number of hydrogen-bond donors (Lipinski definition) is 2. The standard InChI is InChI=1S/C17H30N2O7.2Li/c1-5-6-7-14(20)10-18(11(2)15(21)22)8-9-19(12(3)16(23)24)13(4)17(25)26;;/h5-6,11-14,20H,7-10H2,1-4H3,(H,21,22)(H,23,24)(H,25,26);;/q;2*+1/p-2/b6-5+;;. The van der Waals surface area contributed by atoms with E-state index in [0.29, 0.717) is 6.42 Å². The Morgan fingerprint density at radius 3 is 1.86 bits per heavy atom. The fraction of sp³-hybridized carbons (Fsp3) is 0.706. The average molecular weight is 386 g/mol. The number of carboxylic acid groups (broad SMARTS) is 3. The summed E-state index contributed by atoms with van der Waals surface area (Å²) in [4.78, 5) is 36.2. The number of carbonyl (C=O) groups is 3. The second-order valence-electron chi connectivity index (χ2n) is 6.20. The number of aliphatic hydroxyl groups excluding tert-OH is 1. The number of carboxylic acids is 3. The molecule has 0 rings (SSSR count). The van der Waals surface area contributed by atoms with Crippen LogP contribution in [0.15, 0.2) is 12.2 Å². The maximum absolute atomic E-state index is 11.2. The molecular formula is C17H28Li2N2O7. The van der Waals surface area contributed by atoms with Crippen molar-refractivity contribution in [2.75, 3.05) is 19.6 Å². The fourth-order valence-electron chi connectivity index (χ4n) is 2.47. The molecule has 4 atom stereocenters. The minimum Gasteiger partial charge on any atom is -0.548 e. The van der Waals surface area contributed by atoms with E-state index in [-0.39, 0.29) is 57.4 Å². The Labute approximate surface area is 190 Å². The monoisotopic (exact) mass is 386 g/mol. The zero-order valence-electron chi connectivity index (χ0n) is 17.6. The third-order valence-electron chi connectivity index (χ3n) is 4.32. The van der Waals surface area contributed by atoms with Crippen LogP contribution in [0, 0.1) is 0 Å². The third kappa shape index (κ3) is 11.3. The van der Waals surface area contributed by atoms with Crippen molar-refractivity contribution < 1.29 is 72.5 Å². The first kappa shape index (κ1) is 31.9. The summed E-state index contributed by atoms with van der Waals surface area (Å²) in [6.07, 6.45) is 3.01. The van der Waals surface area contributed by atoms with E-state index >= 15 is 0 Å². The van der Waals surface area contributed by atoms with Gasteiger partial charge >= 0.3 is 43.7 Å². The van der Waals surface area contributed by atoms with Gasteiger partial charge in [0, 0.05) is 31.7 Å². The van der Waals surface area contributed by atoms with Gasteiger partial charge in [-0.1, -0.05) is 12.2 Å². The van der Waals surface area contributed by atoms with Crippen molar-refractivity contribution in [3.63, 3.8) is 0 Å². The molecule has 0 bridgehead atoms. The van der Waals surface area contributed by atoms with Crippen LogP contribution in [0.2, 0.25) is 0 Å². The minimum atomic E-state index is -1.43. The van der Waals surface area contributed by atoms with Crippen LogP contribution in [-0.2, 0) is 14.4 Å². The maximum atomic E-state index is 11.2. The van der Waals surface area contributed by atoms with E-state index in [1.54, 1.807) is 19.1 Å². The van der Waals surface area contributed by atoms with E-state index < -0.39 is 42.1 Å². The summed E-state index contributed by atoms with van der Waals surface area (Å²) < 4.78 is 0. The number of rotatable bonds is 13. The van der Waals surface area contributed by atoms with Crippen LogP contribution in [0.25, 0.3) is 0 Å². The molecule has 0 aliphatic heterocycles. The number of hydrogen-bond acceptors (Lipinski definition) is 8. The zero-order valence-corrected chi connectivity index (χ0v) is 17.6. The summed E-state index contributed by atoms with van der Waals surface area (Å²) >= 11 is 0. The molecule has 0 spiro atoms. The van der Waals surface area contributed by atoms with Crippen LogP contribution >= 0.6 is 0 Å². The van der Waals surface area contributed by atoms with E-state index in [0.717, 1.165) is 0 Å². The van der Waals surface area contributed by atoms with Crippen molar-refractivity contribution in [3.8, 4) is 0 Å². The third-order valence-corrected chi connectivity index (χ3v) is 4.32. The molecule has 0 saturated heterocycles. The van der Waals surface area contributed by atoms with Gasteiger partial charge in [-0.3, -0.25) is 14.6 Å². The molecule has 0 aromatic rings. The van der Waals surface area contributed by atoms with Crippen molar-refractivity contribution >= 4 is 17.9 Å². The van der Waals surface area contributed by atoms with Gasteiger partial charge < -0.3 is 30.0 Å². The van der Waals surface area contributed by atoms with Crippen LogP contribution in [0.4, 0.5) is 0 Å². The van der Waals surface area contributed by atoms with E-state index in [1.165, 1.54) is 30.6 Å². The molecule has 2 N–H and O–H groups in total. The Bertz CT molecular complexity index is 500. The van der Waals surface area contributed by atoms with Gasteiger partial charge in [-0.15, -0.1) is 0 Å². The Morgan fingerprint density at radius 1 is 0.964 bits per heavy atom. The van der Waals surface area contributed by atoms with Crippen molar-refractivity contribution in [3.05, 3.63) is 12.2 Å². The molecule has 4 unspecified atom stereocenters. The van der Waals surface area contributed by atoms with Crippen LogP contribution in [0.3, 0.4) is 0 Å². The van der Waals surface area contributed by atoms with E-state index in [2.05, 4.69) is 0 Å². The second-order valence-corrected chi connectivity index (χ2v) is 6.20. The molecule has 0 saturated carbocycles. The minimum absolute atomic E-state index is 0. The summed E-state index contributed by atoms with van der Waals surface area (Å²) in [6, 6.07) is -3.30. The first-order valence-corrected chi connectivity index (χ1v) is 8.46. The summed E-state index contributed by atoms with van der Waals surface area (Å²) in [5.41, 5.74) is 0. The SMILES string of the molecule is C/C=C/CC(O)CN(CCN(C(C)C(=O)[O-])C(C)C(=O)O)C(C)C(=O)[O-].[Li+].[Li+]. The molecule has 150 valence electrons. The van der Waals surface area contributed by atoms with Crippen LogP contribution in [0.5, 0.6) is 0 Å². The smallest absolute Gasteiger partial charge is 0.548 e. The number of aliphatic hydroxyl groups is 1. The van der Waals surface area contributed by atoms with Gasteiger partial charge in [0.1, 0.15) is 6.04 Å². The molecule has 28 heavy (non-hydrogen) atoms. The topological polar surface area (TPSA) is 144 Å². The number of nitrogens with zero attached hydrogens (tertiary/aromatic N) is 2. The van der Waals surface area contributed by atoms with Crippen LogP contribution in [0.1, 0.15) is 34.1 Å². The molecule has 9 nitrogen and oxygen atoms in total. The quantitative estimate of drug-likeness (QED) is 0.233. The van der Waals surface area contributed by atoms with Gasteiger partial charge in [0.05, 0.1) is 18.0 Å². The molecule has 0 aliphatic carbocycles. The summed E-state index contributed by atoms with van der Waals surface area (Å²) in [7, 11) is 0. The van der Waals surface area contributed by atoms with Crippen molar-refractivity contribution in [1.82, 2.24) is 9.80 Å². The average Bonchev–Trinajstić information content (AvgIpc) is 2.57. The molecule has 0 heterocycles. The van der Waals surface area contributed by atoms with Gasteiger partial charge in [0.15, 0.2) is 0 Å². The van der Waals surface area contributed by atoms with Crippen LogP contribution in [-0.4, -0.2) is 81.8 Å². The summed E-state index contributed by atoms with van der Waals surface area (Å²) in [5.74, 6) is -3.97. The predicted octanol–water partition coefficient (Wildman–Crippen LogP) is -8.32. The maximum Gasteiger partial charge on any atom is 1.00 e. The van der Waals surface area contributed by atoms with E-state index in [9.17, 15) is 29.7 Å². The van der Waals surface area contributed by atoms with Crippen molar-refractivity contribution in [2.45, 2.75) is 58.3 Å². The van der Waals surface area contributed by atoms with E-state index in [4.69, 9.17) is 5.11 Å². The normalized spacial score (nSPS) is 15.4. The fourth-order valence-corrected chi connectivity index (χ4v) is 2.47. The summed E-state index contributed by atoms with van der Waals surface area (Å²) in [5, 5.41) is 41.5. The van der Waals surface area contributed by atoms with Gasteiger partial charge in [0.2, 0.25) is 0 Å². The molecule has 11 heteroatoms. The zero-order chi connectivity index (χ0) is 20.4. The predicted molar refractivity (Wildman–Crippen MR) is 89.8 cm³/mol. The number of carbonyl (C=O) groups excluding carboxylic acids is 2. The van der Waals surface area contributed by atoms with Gasteiger partial charge in [-0.25, -0.2) is 0 Å². The van der Waals surface area contributed by atoms with Gasteiger partial charge in [-0.2, -0.15) is 0 Å². The first-order valence-electron chi connectivity index (χ1n) is 8.46. The Morgan fingerprint density at radius 2 is 1.46 bits per heavy atom. The first-order chi connectivity index (χ1) is 12.0. The molecule has 0 amide bonds. The second kappa shape index (κ2) is 16.1. The van der Waals surface area contributed by atoms with E-state index in [1.807, 2.05) is 0 Å². The Balaban J connectivity index is -0.00000312. The molecule has 0 aromatic carbocycles. The van der Waals surface area contributed by atoms with Crippen molar-refractivity contribution in [2.24, 2.45) is 0 Å². The van der Waals surface area contributed by atoms with Gasteiger partial charge in [0.25, 0.3) is 0 Å². The number of allylic oxidation sites excluding steroid dienone is 1.